The Bertz CT molecular complexity index is 744. The van der Waals surface area contributed by atoms with Crippen LogP contribution in [0, 0.1) is 0 Å². The van der Waals surface area contributed by atoms with E-state index in [9.17, 15) is 26.3 Å². The average molecular weight is 355 g/mol. The molecule has 1 unspecified atom stereocenters. The molecule has 2 aromatic carbocycles. The summed E-state index contributed by atoms with van der Waals surface area (Å²) in [6.45, 7) is 5.12. The van der Waals surface area contributed by atoms with Crippen molar-refractivity contribution < 1.29 is 26.3 Å². The third-order valence-electron chi connectivity index (χ3n) is 3.79. The van der Waals surface area contributed by atoms with Crippen LogP contribution >= 0.6 is 0 Å². The Balaban J connectivity index is 2.37. The Kier molecular flexibility index (Phi) is 5.35. The Morgan fingerprint density at radius 2 is 1.52 bits per heavy atom. The van der Waals surface area contributed by atoms with Crippen molar-refractivity contribution in [3.8, 4) is 0 Å². The predicted octanol–water partition coefficient (Wildman–Crippen LogP) is 5.46. The first-order valence-corrected chi connectivity index (χ1v) is 7.38. The largest absolute Gasteiger partial charge is 0.416 e. The monoisotopic (exact) mass is 355 g/mol. The molecule has 131 valence electrons. The SMILES string of the molecule is C=Cc1ccc([B]C(C)c2ccc(C(F)(F)F)cc2C(F)(F)F)cc1. The minimum absolute atomic E-state index is 0.167. The van der Waals surface area contributed by atoms with Crippen LogP contribution in [0.25, 0.3) is 6.08 Å². The van der Waals surface area contributed by atoms with Crippen molar-refractivity contribution in [2.24, 2.45) is 0 Å². The summed E-state index contributed by atoms with van der Waals surface area (Å²) in [5.74, 6) is -0.714. The molecule has 0 heterocycles. The summed E-state index contributed by atoms with van der Waals surface area (Å²) in [6.07, 6.45) is -8.07. The normalized spacial score (nSPS) is 13.4. The molecular formula is C18H14BF6. The number of hydrogen-bond donors (Lipinski definition) is 0. The molecule has 0 aromatic heterocycles. The molecule has 0 aliphatic heterocycles. The fourth-order valence-electron chi connectivity index (χ4n) is 2.50. The highest BCUT2D eigenvalue weighted by atomic mass is 19.4. The summed E-state index contributed by atoms with van der Waals surface area (Å²) in [5.41, 5.74) is -1.25. The quantitative estimate of drug-likeness (QED) is 0.505. The molecule has 7 heteroatoms. The molecule has 0 bridgehead atoms. The fraction of sp³-hybridized carbons (Fsp3) is 0.222. The molecule has 0 spiro atoms. The molecule has 0 amide bonds. The van der Waals surface area contributed by atoms with Gasteiger partial charge in [-0.25, -0.2) is 0 Å². The minimum atomic E-state index is -4.87. The molecule has 2 aromatic rings. The first-order chi connectivity index (χ1) is 11.5. The van der Waals surface area contributed by atoms with E-state index in [4.69, 9.17) is 0 Å². The highest BCUT2D eigenvalue weighted by Gasteiger charge is 2.38. The Morgan fingerprint density at radius 1 is 0.920 bits per heavy atom. The van der Waals surface area contributed by atoms with Crippen molar-refractivity contribution in [2.45, 2.75) is 25.1 Å². The van der Waals surface area contributed by atoms with Crippen LogP contribution in [-0.4, -0.2) is 7.28 Å². The number of hydrogen-bond acceptors (Lipinski definition) is 0. The highest BCUT2D eigenvalue weighted by molar-refractivity contribution is 6.55. The maximum Gasteiger partial charge on any atom is 0.416 e. The molecule has 0 saturated carbocycles. The Labute approximate surface area is 142 Å². The van der Waals surface area contributed by atoms with Gasteiger partial charge in [0.15, 0.2) is 7.28 Å². The van der Waals surface area contributed by atoms with Gasteiger partial charge in [-0.15, -0.1) is 0 Å². The van der Waals surface area contributed by atoms with Crippen molar-refractivity contribution in [1.82, 2.24) is 0 Å². The summed E-state index contributed by atoms with van der Waals surface area (Å²) in [6, 6.07) is 8.67. The van der Waals surface area contributed by atoms with Gasteiger partial charge in [0.2, 0.25) is 0 Å². The van der Waals surface area contributed by atoms with Crippen LogP contribution in [0.4, 0.5) is 26.3 Å². The lowest BCUT2D eigenvalue weighted by molar-refractivity contribution is -0.143. The van der Waals surface area contributed by atoms with Crippen molar-refractivity contribution in [1.29, 1.82) is 0 Å². The molecule has 1 radical (unpaired) electrons. The zero-order valence-corrected chi connectivity index (χ0v) is 13.2. The highest BCUT2D eigenvalue weighted by Crippen LogP contribution is 2.39. The summed E-state index contributed by atoms with van der Waals surface area (Å²) >= 11 is 0. The molecule has 2 rings (SSSR count). The number of alkyl halides is 6. The van der Waals surface area contributed by atoms with Crippen LogP contribution in [-0.2, 0) is 12.4 Å². The van der Waals surface area contributed by atoms with E-state index in [1.165, 1.54) is 6.92 Å². The van der Waals surface area contributed by atoms with Crippen LogP contribution in [0.3, 0.4) is 0 Å². The lowest BCUT2D eigenvalue weighted by Crippen LogP contribution is -2.23. The van der Waals surface area contributed by atoms with Crippen molar-refractivity contribution in [3.63, 3.8) is 0 Å². The zero-order chi connectivity index (χ0) is 18.8. The second-order valence-electron chi connectivity index (χ2n) is 5.62. The van der Waals surface area contributed by atoms with E-state index in [0.717, 1.165) is 11.6 Å². The van der Waals surface area contributed by atoms with Crippen LogP contribution in [0.15, 0.2) is 49.0 Å². The van der Waals surface area contributed by atoms with Gasteiger partial charge in [-0.05, 0) is 29.1 Å². The molecule has 1 atom stereocenters. The average Bonchev–Trinajstić information content (AvgIpc) is 2.53. The molecule has 25 heavy (non-hydrogen) atoms. The maximum absolute atomic E-state index is 13.2. The van der Waals surface area contributed by atoms with Gasteiger partial charge in [-0.1, -0.05) is 55.4 Å². The van der Waals surface area contributed by atoms with Crippen LogP contribution in [0.5, 0.6) is 0 Å². The van der Waals surface area contributed by atoms with Gasteiger partial charge in [0.1, 0.15) is 0 Å². The third-order valence-corrected chi connectivity index (χ3v) is 3.79. The van der Waals surface area contributed by atoms with Gasteiger partial charge in [0.25, 0.3) is 0 Å². The van der Waals surface area contributed by atoms with Crippen LogP contribution in [0.2, 0.25) is 0 Å². The van der Waals surface area contributed by atoms with Gasteiger partial charge in [-0.2, -0.15) is 26.3 Å². The Morgan fingerprint density at radius 3 is 2.00 bits per heavy atom. The number of benzene rings is 2. The van der Waals surface area contributed by atoms with E-state index in [0.29, 0.717) is 11.5 Å². The van der Waals surface area contributed by atoms with Gasteiger partial charge >= 0.3 is 12.4 Å². The number of rotatable bonds is 4. The molecule has 0 aliphatic carbocycles. The van der Waals surface area contributed by atoms with Crippen molar-refractivity contribution in [3.05, 3.63) is 71.3 Å². The standard InChI is InChI=1S/C18H14BF6/c1-3-12-4-7-14(8-5-12)19-11(2)15-9-6-13(17(20,21)22)10-16(15)18(23,24)25/h3-11H,1H2,2H3. The second-order valence-corrected chi connectivity index (χ2v) is 5.62. The van der Waals surface area contributed by atoms with E-state index in [-0.39, 0.29) is 11.6 Å². The van der Waals surface area contributed by atoms with E-state index >= 15 is 0 Å². The van der Waals surface area contributed by atoms with Crippen molar-refractivity contribution in [2.75, 3.05) is 0 Å². The van der Waals surface area contributed by atoms with E-state index < -0.39 is 29.3 Å². The minimum Gasteiger partial charge on any atom is -0.166 e. The van der Waals surface area contributed by atoms with E-state index in [1.54, 1.807) is 37.6 Å². The van der Waals surface area contributed by atoms with Crippen LogP contribution < -0.4 is 5.46 Å². The molecule has 0 N–H and O–H groups in total. The smallest absolute Gasteiger partial charge is 0.166 e. The molecule has 0 nitrogen and oxygen atoms in total. The predicted molar refractivity (Wildman–Crippen MR) is 86.8 cm³/mol. The second kappa shape index (κ2) is 6.98. The summed E-state index contributed by atoms with van der Waals surface area (Å²) in [7, 11) is 1.57. The number of halogens is 6. The lowest BCUT2D eigenvalue weighted by atomic mass is 9.57. The summed E-state index contributed by atoms with van der Waals surface area (Å²) < 4.78 is 77.8. The van der Waals surface area contributed by atoms with Gasteiger partial charge in [0, 0.05) is 0 Å². The molecular weight excluding hydrogens is 341 g/mol. The van der Waals surface area contributed by atoms with E-state index in [2.05, 4.69) is 6.58 Å². The molecule has 0 fully saturated rings. The van der Waals surface area contributed by atoms with Gasteiger partial charge < -0.3 is 0 Å². The Hall–Kier alpha value is -2.18. The van der Waals surface area contributed by atoms with Gasteiger partial charge in [-0.3, -0.25) is 0 Å². The first kappa shape index (κ1) is 19.2. The van der Waals surface area contributed by atoms with Gasteiger partial charge in [0.05, 0.1) is 11.1 Å². The zero-order valence-electron chi connectivity index (χ0n) is 13.2. The fourth-order valence-corrected chi connectivity index (χ4v) is 2.50. The summed E-state index contributed by atoms with van der Waals surface area (Å²) in [4.78, 5) is 0. The first-order valence-electron chi connectivity index (χ1n) is 7.38. The third kappa shape index (κ3) is 4.68. The topological polar surface area (TPSA) is 0 Å². The maximum atomic E-state index is 13.2. The molecule has 0 saturated heterocycles. The summed E-state index contributed by atoms with van der Waals surface area (Å²) in [5, 5.41) is 0. The van der Waals surface area contributed by atoms with Crippen molar-refractivity contribution >= 4 is 18.8 Å². The lowest BCUT2D eigenvalue weighted by Gasteiger charge is -2.20. The van der Waals surface area contributed by atoms with E-state index in [1.807, 2.05) is 0 Å². The molecule has 0 aliphatic rings. The van der Waals surface area contributed by atoms with Crippen LogP contribution in [0.1, 0.15) is 35.0 Å².